The number of hydrogen-bond acceptors (Lipinski definition) is 5. The average Bonchev–Trinajstić information content (AvgIpc) is 2.61. The summed E-state index contributed by atoms with van der Waals surface area (Å²) in [5.41, 5.74) is 4.09. The molecule has 0 amide bonds. The molecule has 6 heteroatoms. The summed E-state index contributed by atoms with van der Waals surface area (Å²) in [6, 6.07) is 5.70. The molecule has 0 aliphatic heterocycles. The van der Waals surface area contributed by atoms with Crippen molar-refractivity contribution in [1.29, 1.82) is 0 Å². The van der Waals surface area contributed by atoms with E-state index >= 15 is 0 Å². The number of benzene rings is 1. The van der Waals surface area contributed by atoms with E-state index in [4.69, 9.17) is 21.1 Å². The van der Waals surface area contributed by atoms with Crippen molar-refractivity contribution in [3.63, 3.8) is 0 Å². The molecule has 1 aromatic heterocycles. The highest BCUT2D eigenvalue weighted by Gasteiger charge is 2.12. The van der Waals surface area contributed by atoms with Gasteiger partial charge in [0.1, 0.15) is 16.7 Å². The minimum absolute atomic E-state index is 0.556. The van der Waals surface area contributed by atoms with Gasteiger partial charge in [0.05, 0.1) is 14.2 Å². The number of aromatic nitrogens is 1. The van der Waals surface area contributed by atoms with Gasteiger partial charge in [-0.3, -0.25) is 0 Å². The van der Waals surface area contributed by atoms with E-state index in [-0.39, 0.29) is 0 Å². The molecule has 1 aromatic carbocycles. The molecule has 1 heterocycles. The molecular formula is C18H24ClN3O2. The van der Waals surface area contributed by atoms with Crippen molar-refractivity contribution in [2.24, 2.45) is 0 Å². The Morgan fingerprint density at radius 3 is 2.25 bits per heavy atom. The summed E-state index contributed by atoms with van der Waals surface area (Å²) in [7, 11) is 3.27. The van der Waals surface area contributed by atoms with E-state index in [9.17, 15) is 0 Å². The molecule has 2 N–H and O–H groups in total. The Morgan fingerprint density at radius 2 is 1.71 bits per heavy atom. The molecule has 2 rings (SSSR count). The maximum Gasteiger partial charge on any atom is 0.134 e. The first kappa shape index (κ1) is 18.2. The smallest absolute Gasteiger partial charge is 0.134 e. The molecule has 0 atom stereocenters. The summed E-state index contributed by atoms with van der Waals surface area (Å²) in [5, 5.41) is 7.36. The van der Waals surface area contributed by atoms with Crippen molar-refractivity contribution in [2.45, 2.75) is 26.8 Å². The SMILES string of the molecule is CCNc1c(CNc2cc(OC)cc(OC)c2)cnc(Cl)c1CC. The van der Waals surface area contributed by atoms with E-state index in [0.29, 0.717) is 11.7 Å². The van der Waals surface area contributed by atoms with Crippen LogP contribution < -0.4 is 20.1 Å². The number of nitrogens with zero attached hydrogens (tertiary/aromatic N) is 1. The van der Waals surface area contributed by atoms with Crippen molar-refractivity contribution in [3.05, 3.63) is 40.7 Å². The van der Waals surface area contributed by atoms with Crippen molar-refractivity contribution >= 4 is 23.0 Å². The van der Waals surface area contributed by atoms with E-state index in [1.54, 1.807) is 14.2 Å². The lowest BCUT2D eigenvalue weighted by Crippen LogP contribution is -2.09. The maximum atomic E-state index is 6.23. The van der Waals surface area contributed by atoms with Gasteiger partial charge in [0, 0.05) is 60.0 Å². The second kappa shape index (κ2) is 8.64. The molecule has 0 bridgehead atoms. The lowest BCUT2D eigenvalue weighted by molar-refractivity contribution is 0.394. The van der Waals surface area contributed by atoms with Crippen LogP contribution in [0.1, 0.15) is 25.0 Å². The van der Waals surface area contributed by atoms with Gasteiger partial charge in [-0.1, -0.05) is 18.5 Å². The minimum Gasteiger partial charge on any atom is -0.497 e. The van der Waals surface area contributed by atoms with Crippen LogP contribution in [0.5, 0.6) is 11.5 Å². The Morgan fingerprint density at radius 1 is 1.04 bits per heavy atom. The Balaban J connectivity index is 2.26. The highest BCUT2D eigenvalue weighted by atomic mass is 35.5. The molecule has 0 radical (unpaired) electrons. The fourth-order valence-corrected chi connectivity index (χ4v) is 2.81. The van der Waals surface area contributed by atoms with E-state index in [1.165, 1.54) is 0 Å². The standard InChI is InChI=1S/C18H24ClN3O2/c1-5-16-17(20-6-2)12(11-22-18(16)19)10-21-13-7-14(23-3)9-15(8-13)24-4/h7-9,11,21H,5-6,10H2,1-4H3,(H,20,22). The Bertz CT molecular complexity index is 670. The van der Waals surface area contributed by atoms with Gasteiger partial charge >= 0.3 is 0 Å². The minimum atomic E-state index is 0.556. The van der Waals surface area contributed by atoms with Gasteiger partial charge < -0.3 is 20.1 Å². The number of nitrogens with one attached hydrogen (secondary N) is 2. The quantitative estimate of drug-likeness (QED) is 0.693. The predicted molar refractivity (Wildman–Crippen MR) is 99.7 cm³/mol. The van der Waals surface area contributed by atoms with Crippen LogP contribution in [0.3, 0.4) is 0 Å². The van der Waals surface area contributed by atoms with Crippen LogP contribution in [-0.2, 0) is 13.0 Å². The van der Waals surface area contributed by atoms with Gasteiger partial charge in [-0.15, -0.1) is 0 Å². The van der Waals surface area contributed by atoms with Crippen LogP contribution in [0.25, 0.3) is 0 Å². The molecule has 0 saturated heterocycles. The first-order chi connectivity index (χ1) is 11.6. The third kappa shape index (κ3) is 4.23. The van der Waals surface area contributed by atoms with Crippen LogP contribution in [0.15, 0.2) is 24.4 Å². The summed E-state index contributed by atoms with van der Waals surface area (Å²) >= 11 is 6.23. The monoisotopic (exact) mass is 349 g/mol. The van der Waals surface area contributed by atoms with Gasteiger partial charge in [-0.25, -0.2) is 4.98 Å². The molecule has 2 aromatic rings. The van der Waals surface area contributed by atoms with E-state index in [2.05, 4.69) is 29.5 Å². The number of methoxy groups -OCH3 is 2. The largest absolute Gasteiger partial charge is 0.497 e. The zero-order chi connectivity index (χ0) is 17.5. The molecule has 0 saturated carbocycles. The number of rotatable bonds is 8. The summed E-state index contributed by atoms with van der Waals surface area (Å²) < 4.78 is 10.6. The first-order valence-electron chi connectivity index (χ1n) is 7.99. The molecule has 0 aliphatic rings. The highest BCUT2D eigenvalue weighted by Crippen LogP contribution is 2.29. The van der Waals surface area contributed by atoms with Crippen LogP contribution in [0.2, 0.25) is 5.15 Å². The van der Waals surface area contributed by atoms with Gasteiger partial charge in [-0.05, 0) is 13.3 Å². The van der Waals surface area contributed by atoms with E-state index < -0.39 is 0 Å². The molecule has 130 valence electrons. The summed E-state index contributed by atoms with van der Waals surface area (Å²) in [6.45, 7) is 5.59. The normalized spacial score (nSPS) is 10.4. The second-order valence-corrected chi connectivity index (χ2v) is 5.62. The van der Waals surface area contributed by atoms with Crippen molar-refractivity contribution in [2.75, 3.05) is 31.4 Å². The second-order valence-electron chi connectivity index (χ2n) is 5.27. The maximum absolute atomic E-state index is 6.23. The number of anilines is 2. The fourth-order valence-electron chi connectivity index (χ4n) is 2.53. The first-order valence-corrected chi connectivity index (χ1v) is 8.37. The van der Waals surface area contributed by atoms with E-state index in [1.807, 2.05) is 24.4 Å². The zero-order valence-electron chi connectivity index (χ0n) is 14.6. The summed E-state index contributed by atoms with van der Waals surface area (Å²) in [5.74, 6) is 1.49. The average molecular weight is 350 g/mol. The Hall–Kier alpha value is -2.14. The Kier molecular flexibility index (Phi) is 6.55. The van der Waals surface area contributed by atoms with Gasteiger partial charge in [0.15, 0.2) is 0 Å². The van der Waals surface area contributed by atoms with Crippen LogP contribution in [0.4, 0.5) is 11.4 Å². The molecule has 0 spiro atoms. The van der Waals surface area contributed by atoms with E-state index in [0.717, 1.165) is 47.0 Å². The summed E-state index contributed by atoms with van der Waals surface area (Å²) in [4.78, 5) is 4.31. The van der Waals surface area contributed by atoms with Gasteiger partial charge in [0.2, 0.25) is 0 Å². The molecule has 0 unspecified atom stereocenters. The van der Waals surface area contributed by atoms with Crippen molar-refractivity contribution in [1.82, 2.24) is 4.98 Å². The zero-order valence-corrected chi connectivity index (χ0v) is 15.3. The van der Waals surface area contributed by atoms with Gasteiger partial charge in [-0.2, -0.15) is 0 Å². The van der Waals surface area contributed by atoms with Gasteiger partial charge in [0.25, 0.3) is 0 Å². The summed E-state index contributed by atoms with van der Waals surface area (Å²) in [6.07, 6.45) is 2.64. The van der Waals surface area contributed by atoms with Crippen molar-refractivity contribution in [3.8, 4) is 11.5 Å². The predicted octanol–water partition coefficient (Wildman–Crippen LogP) is 4.36. The molecule has 24 heavy (non-hydrogen) atoms. The number of halogens is 1. The third-order valence-electron chi connectivity index (χ3n) is 3.75. The fraction of sp³-hybridized carbons (Fsp3) is 0.389. The molecular weight excluding hydrogens is 326 g/mol. The lowest BCUT2D eigenvalue weighted by Gasteiger charge is -2.17. The molecule has 5 nitrogen and oxygen atoms in total. The highest BCUT2D eigenvalue weighted by molar-refractivity contribution is 6.30. The third-order valence-corrected chi connectivity index (χ3v) is 4.07. The number of pyridine rings is 1. The van der Waals surface area contributed by atoms with Crippen LogP contribution in [-0.4, -0.2) is 25.7 Å². The van der Waals surface area contributed by atoms with Crippen LogP contribution >= 0.6 is 11.6 Å². The lowest BCUT2D eigenvalue weighted by atomic mass is 10.1. The molecule has 0 aliphatic carbocycles. The topological polar surface area (TPSA) is 55.4 Å². The number of ether oxygens (including phenoxy) is 2. The Labute approximate surface area is 148 Å². The van der Waals surface area contributed by atoms with Crippen LogP contribution in [0, 0.1) is 0 Å². The molecule has 0 fully saturated rings. The number of hydrogen-bond donors (Lipinski definition) is 2. The van der Waals surface area contributed by atoms with Crippen molar-refractivity contribution < 1.29 is 9.47 Å².